The van der Waals surface area contributed by atoms with Gasteiger partial charge in [-0.1, -0.05) is 41.4 Å². The van der Waals surface area contributed by atoms with Crippen molar-refractivity contribution < 1.29 is 17.9 Å². The van der Waals surface area contributed by atoms with Gasteiger partial charge in [0.15, 0.2) is 0 Å². The molecular formula is C21H24Cl2N2O4S. The lowest BCUT2D eigenvalue weighted by Crippen LogP contribution is -2.50. The van der Waals surface area contributed by atoms with Crippen molar-refractivity contribution in [3.8, 4) is 5.75 Å². The molecule has 162 valence electrons. The molecule has 0 saturated carbocycles. The third-order valence-electron chi connectivity index (χ3n) is 4.90. The number of rotatable bonds is 7. The van der Waals surface area contributed by atoms with Gasteiger partial charge in [-0.15, -0.1) is 0 Å². The molecule has 2 aromatic carbocycles. The van der Waals surface area contributed by atoms with Gasteiger partial charge in [-0.05, 0) is 43.2 Å². The number of halogens is 2. The van der Waals surface area contributed by atoms with Crippen LogP contribution in [0, 0.1) is 6.92 Å². The van der Waals surface area contributed by atoms with Crippen molar-refractivity contribution in [1.82, 2.24) is 9.21 Å². The lowest BCUT2D eigenvalue weighted by atomic mass is 10.2. The molecule has 3 rings (SSSR count). The number of hydrogen-bond donors (Lipinski definition) is 0. The Morgan fingerprint density at radius 3 is 2.30 bits per heavy atom. The molecule has 1 aliphatic rings. The third kappa shape index (κ3) is 5.46. The Balaban J connectivity index is 1.48. The lowest BCUT2D eigenvalue weighted by Gasteiger charge is -2.34. The van der Waals surface area contributed by atoms with Crippen molar-refractivity contribution in [2.75, 3.05) is 32.8 Å². The van der Waals surface area contributed by atoms with Crippen LogP contribution in [0.3, 0.4) is 0 Å². The van der Waals surface area contributed by atoms with Gasteiger partial charge < -0.3 is 9.64 Å². The summed E-state index contributed by atoms with van der Waals surface area (Å²) in [5, 5.41) is 0.184. The van der Waals surface area contributed by atoms with Gasteiger partial charge in [0, 0.05) is 32.6 Å². The molecule has 0 radical (unpaired) electrons. The number of aryl methyl sites for hydroxylation is 1. The molecule has 0 atom stereocenters. The van der Waals surface area contributed by atoms with E-state index in [0.717, 1.165) is 11.3 Å². The van der Waals surface area contributed by atoms with Crippen LogP contribution in [0.15, 0.2) is 47.4 Å². The highest BCUT2D eigenvalue weighted by Gasteiger charge is 2.32. The fourth-order valence-corrected chi connectivity index (χ4v) is 5.83. The van der Waals surface area contributed by atoms with Gasteiger partial charge >= 0.3 is 0 Å². The van der Waals surface area contributed by atoms with Gasteiger partial charge in [0.05, 0.1) is 16.7 Å². The van der Waals surface area contributed by atoms with Crippen LogP contribution >= 0.6 is 23.2 Å². The predicted octanol–water partition coefficient (Wildman–Crippen LogP) is 3.99. The fraction of sp³-hybridized carbons (Fsp3) is 0.381. The Hall–Kier alpha value is -1.80. The molecule has 1 saturated heterocycles. The zero-order valence-corrected chi connectivity index (χ0v) is 19.0. The Kier molecular flexibility index (Phi) is 7.63. The molecule has 1 amide bonds. The minimum Gasteiger partial charge on any atom is -0.494 e. The van der Waals surface area contributed by atoms with Crippen molar-refractivity contribution >= 4 is 39.1 Å². The first-order valence-electron chi connectivity index (χ1n) is 9.70. The maximum Gasteiger partial charge on any atom is 0.246 e. The summed E-state index contributed by atoms with van der Waals surface area (Å²) in [6, 6.07) is 12.4. The molecule has 0 unspecified atom stereocenters. The summed E-state index contributed by atoms with van der Waals surface area (Å²) >= 11 is 12.1. The van der Waals surface area contributed by atoms with E-state index in [1.807, 2.05) is 31.2 Å². The monoisotopic (exact) mass is 470 g/mol. The van der Waals surface area contributed by atoms with E-state index in [4.69, 9.17) is 27.9 Å². The van der Waals surface area contributed by atoms with Crippen LogP contribution in [-0.4, -0.2) is 56.3 Å². The highest BCUT2D eigenvalue weighted by Crippen LogP contribution is 2.31. The van der Waals surface area contributed by atoms with Crippen molar-refractivity contribution in [3.05, 3.63) is 58.1 Å². The molecule has 0 bridgehead atoms. The largest absolute Gasteiger partial charge is 0.494 e. The van der Waals surface area contributed by atoms with E-state index < -0.39 is 10.0 Å². The van der Waals surface area contributed by atoms with Crippen LogP contribution in [0.2, 0.25) is 10.0 Å². The number of carbonyl (C=O) groups excluding carboxylic acids is 1. The molecule has 1 aliphatic heterocycles. The van der Waals surface area contributed by atoms with Gasteiger partial charge in [0.1, 0.15) is 10.6 Å². The summed E-state index contributed by atoms with van der Waals surface area (Å²) in [5.74, 6) is 0.787. The highest BCUT2D eigenvalue weighted by molar-refractivity contribution is 7.89. The van der Waals surface area contributed by atoms with Crippen molar-refractivity contribution in [2.24, 2.45) is 0 Å². The number of carbonyl (C=O) groups is 1. The maximum absolute atomic E-state index is 12.9. The van der Waals surface area contributed by atoms with E-state index in [2.05, 4.69) is 0 Å². The number of sulfonamides is 1. The van der Waals surface area contributed by atoms with Gasteiger partial charge in [-0.25, -0.2) is 8.42 Å². The highest BCUT2D eigenvalue weighted by atomic mass is 35.5. The number of benzene rings is 2. The van der Waals surface area contributed by atoms with E-state index in [1.165, 1.54) is 16.4 Å². The Morgan fingerprint density at radius 2 is 1.67 bits per heavy atom. The van der Waals surface area contributed by atoms with E-state index in [-0.39, 0.29) is 33.9 Å². The Bertz CT molecular complexity index is 986. The summed E-state index contributed by atoms with van der Waals surface area (Å²) in [7, 11) is -3.82. The van der Waals surface area contributed by atoms with E-state index >= 15 is 0 Å². The quantitative estimate of drug-likeness (QED) is 0.573. The fourth-order valence-electron chi connectivity index (χ4n) is 3.31. The topological polar surface area (TPSA) is 66.9 Å². The first-order chi connectivity index (χ1) is 14.3. The van der Waals surface area contributed by atoms with Crippen LogP contribution in [0.25, 0.3) is 0 Å². The van der Waals surface area contributed by atoms with Crippen molar-refractivity contribution in [2.45, 2.75) is 24.7 Å². The molecule has 30 heavy (non-hydrogen) atoms. The second kappa shape index (κ2) is 10.0. The summed E-state index contributed by atoms with van der Waals surface area (Å²) in [4.78, 5) is 14.1. The van der Waals surface area contributed by atoms with Gasteiger partial charge in [-0.3, -0.25) is 4.79 Å². The molecule has 0 aliphatic carbocycles. The van der Waals surface area contributed by atoms with Gasteiger partial charge in [0.2, 0.25) is 15.9 Å². The minimum absolute atomic E-state index is 0.00401. The first-order valence-corrected chi connectivity index (χ1v) is 11.9. The number of piperazine rings is 1. The second-order valence-corrected chi connectivity index (χ2v) is 9.79. The third-order valence-corrected chi connectivity index (χ3v) is 7.76. The SMILES string of the molecule is Cc1cccc(OCCCC(=O)N2CCN(S(=O)(=O)c3c(Cl)cccc3Cl)CC2)c1. The normalized spacial score (nSPS) is 15.2. The zero-order chi connectivity index (χ0) is 21.7. The summed E-state index contributed by atoms with van der Waals surface area (Å²) < 4.78 is 32.8. The maximum atomic E-state index is 12.9. The molecule has 1 heterocycles. The number of nitrogens with zero attached hydrogens (tertiary/aromatic N) is 2. The van der Waals surface area contributed by atoms with Crippen LogP contribution < -0.4 is 4.74 Å². The van der Waals surface area contributed by atoms with E-state index in [1.54, 1.807) is 11.0 Å². The smallest absolute Gasteiger partial charge is 0.246 e. The van der Waals surface area contributed by atoms with Crippen LogP contribution in [0.1, 0.15) is 18.4 Å². The van der Waals surface area contributed by atoms with Crippen LogP contribution in [0.5, 0.6) is 5.75 Å². The Labute approximate surface area is 187 Å². The lowest BCUT2D eigenvalue weighted by molar-refractivity contribution is -0.132. The van der Waals surface area contributed by atoms with Crippen molar-refractivity contribution in [1.29, 1.82) is 0 Å². The molecule has 1 fully saturated rings. The average Bonchev–Trinajstić information content (AvgIpc) is 2.71. The van der Waals surface area contributed by atoms with E-state index in [9.17, 15) is 13.2 Å². The number of hydrogen-bond acceptors (Lipinski definition) is 4. The minimum atomic E-state index is -3.82. The molecule has 0 aromatic heterocycles. The molecule has 6 nitrogen and oxygen atoms in total. The summed E-state index contributed by atoms with van der Waals surface area (Å²) in [6.45, 7) is 3.52. The molecule has 9 heteroatoms. The molecule has 0 N–H and O–H groups in total. The molecule has 2 aromatic rings. The number of amides is 1. The molecule has 0 spiro atoms. The van der Waals surface area contributed by atoms with Crippen molar-refractivity contribution in [3.63, 3.8) is 0 Å². The molecular weight excluding hydrogens is 447 g/mol. The summed E-state index contributed by atoms with van der Waals surface area (Å²) in [5.41, 5.74) is 1.12. The predicted molar refractivity (Wildman–Crippen MR) is 118 cm³/mol. The Morgan fingerprint density at radius 1 is 1.03 bits per heavy atom. The standard InChI is InChI=1S/C21H24Cl2N2O4S/c1-16-5-2-6-17(15-16)29-14-4-9-20(26)24-10-12-25(13-11-24)30(27,28)21-18(22)7-3-8-19(21)23/h2-3,5-8,15H,4,9-14H2,1H3. The second-order valence-electron chi connectivity index (χ2n) is 7.10. The zero-order valence-electron chi connectivity index (χ0n) is 16.7. The van der Waals surface area contributed by atoms with Crippen LogP contribution in [0.4, 0.5) is 0 Å². The summed E-state index contributed by atoms with van der Waals surface area (Å²) in [6.07, 6.45) is 0.954. The van der Waals surface area contributed by atoms with E-state index in [0.29, 0.717) is 32.5 Å². The van der Waals surface area contributed by atoms with Gasteiger partial charge in [0.25, 0.3) is 0 Å². The number of ether oxygens (including phenoxy) is 1. The van der Waals surface area contributed by atoms with Gasteiger partial charge in [-0.2, -0.15) is 4.31 Å². The van der Waals surface area contributed by atoms with Crippen LogP contribution in [-0.2, 0) is 14.8 Å². The first kappa shape index (κ1) is 22.9. The average molecular weight is 471 g/mol.